The van der Waals surface area contributed by atoms with Crippen molar-refractivity contribution in [1.29, 1.82) is 0 Å². The van der Waals surface area contributed by atoms with Gasteiger partial charge in [-0.1, -0.05) is 13.8 Å². The van der Waals surface area contributed by atoms with Crippen LogP contribution in [0.5, 0.6) is 0 Å². The Balaban J connectivity index is 2.39. The third-order valence-electron chi connectivity index (χ3n) is 3.93. The number of nitro groups is 1. The number of amides is 1. The van der Waals surface area contributed by atoms with Gasteiger partial charge in [0.15, 0.2) is 0 Å². The van der Waals surface area contributed by atoms with Crippen molar-refractivity contribution in [2.45, 2.75) is 18.7 Å². The van der Waals surface area contributed by atoms with Crippen LogP contribution in [0.4, 0.5) is 15.8 Å². The Kier molecular flexibility index (Phi) is 6.86. The number of sulfonamides is 1. The molecule has 0 unspecified atom stereocenters. The van der Waals surface area contributed by atoms with E-state index in [-0.39, 0.29) is 29.2 Å². The number of hydrogen-bond acceptors (Lipinski definition) is 5. The molecule has 0 radical (unpaired) electrons. The molecule has 150 valence electrons. The Bertz CT molecular complexity index is 1030. The standard InChI is InChI=1S/C17H17BrFN3O5S/c1-3-21(4-2)28(26,27)12-6-7-14(18)13(10-12)17(23)20-11-5-8-15(19)16(9-11)22(24)25/h5-10H,3-4H2,1-2H3,(H,20,23). The summed E-state index contributed by atoms with van der Waals surface area (Å²) in [6, 6.07) is 6.94. The first-order valence-corrected chi connectivity index (χ1v) is 10.4. The Morgan fingerprint density at radius 2 is 1.86 bits per heavy atom. The molecular formula is C17H17BrFN3O5S. The van der Waals surface area contributed by atoms with Crippen molar-refractivity contribution in [3.8, 4) is 0 Å². The minimum absolute atomic E-state index is 0.00185. The van der Waals surface area contributed by atoms with Crippen LogP contribution in [0.3, 0.4) is 0 Å². The fourth-order valence-corrected chi connectivity index (χ4v) is 4.39. The summed E-state index contributed by atoms with van der Waals surface area (Å²) in [7, 11) is -3.78. The van der Waals surface area contributed by atoms with Crippen LogP contribution in [-0.4, -0.2) is 36.6 Å². The quantitative estimate of drug-likeness (QED) is 0.485. The maximum absolute atomic E-state index is 13.4. The van der Waals surface area contributed by atoms with E-state index in [9.17, 15) is 27.7 Å². The van der Waals surface area contributed by atoms with Gasteiger partial charge in [-0.2, -0.15) is 8.70 Å². The average Bonchev–Trinajstić information content (AvgIpc) is 2.63. The molecule has 8 nitrogen and oxygen atoms in total. The first-order chi connectivity index (χ1) is 13.1. The molecule has 0 fully saturated rings. The summed E-state index contributed by atoms with van der Waals surface area (Å²) in [5.74, 6) is -1.74. The second-order valence-electron chi connectivity index (χ2n) is 5.61. The number of halogens is 2. The molecule has 0 aliphatic rings. The lowest BCUT2D eigenvalue weighted by atomic mass is 10.2. The average molecular weight is 474 g/mol. The van der Waals surface area contributed by atoms with E-state index in [0.717, 1.165) is 12.1 Å². The molecule has 0 aromatic heterocycles. The predicted molar refractivity (Wildman–Crippen MR) is 105 cm³/mol. The lowest BCUT2D eigenvalue weighted by Crippen LogP contribution is -2.30. The van der Waals surface area contributed by atoms with Crippen LogP contribution in [0.2, 0.25) is 0 Å². The molecule has 11 heteroatoms. The fourth-order valence-electron chi connectivity index (χ4n) is 2.48. The van der Waals surface area contributed by atoms with Crippen molar-refractivity contribution in [2.24, 2.45) is 0 Å². The van der Waals surface area contributed by atoms with Gasteiger partial charge in [0.25, 0.3) is 5.91 Å². The van der Waals surface area contributed by atoms with Crippen molar-refractivity contribution in [3.05, 3.63) is 62.4 Å². The Morgan fingerprint density at radius 1 is 1.21 bits per heavy atom. The van der Waals surface area contributed by atoms with Gasteiger partial charge >= 0.3 is 5.69 Å². The Morgan fingerprint density at radius 3 is 2.43 bits per heavy atom. The molecule has 0 saturated heterocycles. The van der Waals surface area contributed by atoms with Gasteiger partial charge < -0.3 is 5.32 Å². The summed E-state index contributed by atoms with van der Waals surface area (Å²) in [6.45, 7) is 3.95. The van der Waals surface area contributed by atoms with E-state index in [2.05, 4.69) is 21.2 Å². The molecule has 2 rings (SSSR count). The first kappa shape index (κ1) is 21.9. The van der Waals surface area contributed by atoms with Crippen molar-refractivity contribution in [1.82, 2.24) is 4.31 Å². The van der Waals surface area contributed by atoms with Gasteiger partial charge in [-0.25, -0.2) is 8.42 Å². The number of nitrogens with zero attached hydrogens (tertiary/aromatic N) is 2. The second kappa shape index (κ2) is 8.76. The highest BCUT2D eigenvalue weighted by atomic mass is 79.9. The maximum Gasteiger partial charge on any atom is 0.306 e. The summed E-state index contributed by atoms with van der Waals surface area (Å²) in [4.78, 5) is 22.4. The van der Waals surface area contributed by atoms with Gasteiger partial charge in [0.05, 0.1) is 15.4 Å². The van der Waals surface area contributed by atoms with Crippen LogP contribution in [0, 0.1) is 15.9 Å². The summed E-state index contributed by atoms with van der Waals surface area (Å²) in [5, 5.41) is 13.2. The number of carbonyl (C=O) groups excluding carboxylic acids is 1. The minimum atomic E-state index is -3.78. The third kappa shape index (κ3) is 4.54. The first-order valence-electron chi connectivity index (χ1n) is 8.16. The van der Waals surface area contributed by atoms with Gasteiger partial charge in [-0.3, -0.25) is 14.9 Å². The van der Waals surface area contributed by atoms with Crippen LogP contribution in [0.25, 0.3) is 0 Å². The molecule has 0 aliphatic carbocycles. The lowest BCUT2D eigenvalue weighted by molar-refractivity contribution is -0.387. The highest BCUT2D eigenvalue weighted by Crippen LogP contribution is 2.26. The van der Waals surface area contributed by atoms with E-state index in [4.69, 9.17) is 0 Å². The summed E-state index contributed by atoms with van der Waals surface area (Å²) in [6.07, 6.45) is 0. The number of nitro benzene ring substituents is 1. The van der Waals surface area contributed by atoms with Gasteiger partial charge in [-0.15, -0.1) is 0 Å². The number of hydrogen-bond donors (Lipinski definition) is 1. The third-order valence-corrected chi connectivity index (χ3v) is 6.66. The van der Waals surface area contributed by atoms with Crippen LogP contribution in [0.1, 0.15) is 24.2 Å². The molecular weight excluding hydrogens is 457 g/mol. The second-order valence-corrected chi connectivity index (χ2v) is 8.40. The number of benzene rings is 2. The highest BCUT2D eigenvalue weighted by Gasteiger charge is 2.24. The predicted octanol–water partition coefficient (Wildman–Crippen LogP) is 3.78. The molecule has 2 aromatic carbocycles. The van der Waals surface area contributed by atoms with Crippen LogP contribution >= 0.6 is 15.9 Å². The Hall–Kier alpha value is -2.37. The number of nitrogens with one attached hydrogen (secondary N) is 1. The largest absolute Gasteiger partial charge is 0.322 e. The molecule has 0 bridgehead atoms. The smallest absolute Gasteiger partial charge is 0.306 e. The molecule has 0 spiro atoms. The van der Waals surface area contributed by atoms with Gasteiger partial charge in [0, 0.05) is 29.3 Å². The molecule has 0 aliphatic heterocycles. The van der Waals surface area contributed by atoms with Gasteiger partial charge in [0.1, 0.15) is 0 Å². The van der Waals surface area contributed by atoms with E-state index < -0.39 is 32.4 Å². The summed E-state index contributed by atoms with van der Waals surface area (Å²) in [5.41, 5.74) is -0.767. The van der Waals surface area contributed by atoms with E-state index in [1.165, 1.54) is 28.6 Å². The number of carbonyl (C=O) groups is 1. The molecule has 0 heterocycles. The van der Waals surface area contributed by atoms with Crippen LogP contribution in [0.15, 0.2) is 45.8 Å². The van der Waals surface area contributed by atoms with E-state index in [0.29, 0.717) is 4.47 Å². The van der Waals surface area contributed by atoms with Crippen molar-refractivity contribution in [3.63, 3.8) is 0 Å². The van der Waals surface area contributed by atoms with Gasteiger partial charge in [0.2, 0.25) is 15.8 Å². The zero-order valence-electron chi connectivity index (χ0n) is 15.0. The topological polar surface area (TPSA) is 110 Å². The molecule has 1 N–H and O–H groups in total. The van der Waals surface area contributed by atoms with E-state index in [1.807, 2.05) is 0 Å². The zero-order chi connectivity index (χ0) is 21.1. The molecule has 1 amide bonds. The van der Waals surface area contributed by atoms with Crippen molar-refractivity contribution >= 4 is 43.2 Å². The number of anilines is 1. The maximum atomic E-state index is 13.4. The van der Waals surface area contributed by atoms with Crippen LogP contribution < -0.4 is 5.32 Å². The minimum Gasteiger partial charge on any atom is -0.322 e. The van der Waals surface area contributed by atoms with E-state index in [1.54, 1.807) is 13.8 Å². The van der Waals surface area contributed by atoms with Gasteiger partial charge in [-0.05, 0) is 46.3 Å². The monoisotopic (exact) mass is 473 g/mol. The molecule has 0 saturated carbocycles. The SMILES string of the molecule is CCN(CC)S(=O)(=O)c1ccc(Br)c(C(=O)Nc2ccc(F)c([N+](=O)[O-])c2)c1. The molecule has 0 atom stereocenters. The molecule has 2 aromatic rings. The molecule has 28 heavy (non-hydrogen) atoms. The number of rotatable bonds is 7. The normalized spacial score (nSPS) is 11.5. The van der Waals surface area contributed by atoms with Crippen molar-refractivity contribution in [2.75, 3.05) is 18.4 Å². The highest BCUT2D eigenvalue weighted by molar-refractivity contribution is 9.10. The fraction of sp³-hybridized carbons (Fsp3) is 0.235. The Labute approximate surface area is 169 Å². The van der Waals surface area contributed by atoms with E-state index >= 15 is 0 Å². The summed E-state index contributed by atoms with van der Waals surface area (Å²) >= 11 is 3.19. The van der Waals surface area contributed by atoms with Crippen LogP contribution in [-0.2, 0) is 10.0 Å². The lowest BCUT2D eigenvalue weighted by Gasteiger charge is -2.19. The van der Waals surface area contributed by atoms with Crippen molar-refractivity contribution < 1.29 is 22.5 Å². The summed E-state index contributed by atoms with van der Waals surface area (Å²) < 4.78 is 40.3. The zero-order valence-corrected chi connectivity index (χ0v) is 17.4.